The molecule has 322 valence electrons. The molecular weight excluding hydrogens is 785 g/mol. The second kappa shape index (κ2) is 16.7. The summed E-state index contributed by atoms with van der Waals surface area (Å²) in [4.78, 5) is 48.3. The molecule has 2 saturated heterocycles. The van der Waals surface area contributed by atoms with Gasteiger partial charge >= 0.3 is 12.2 Å². The van der Waals surface area contributed by atoms with Crippen molar-refractivity contribution in [3.05, 3.63) is 78.6 Å². The van der Waals surface area contributed by atoms with E-state index in [0.29, 0.717) is 6.54 Å². The SMILES string of the molecule is COC(=O)NC(C=[N+]1CCCC1C1Nc2ccc(-c3cc4cc(-c5ccc6c(ccc7[nH]c(C8CCCN8C(=O)C(NC(=O)OC)C(C)C)nc76)c5)ccc4o3)cc2N1)C(C)C. The highest BCUT2D eigenvalue weighted by Gasteiger charge is 2.40. The van der Waals surface area contributed by atoms with Crippen molar-refractivity contribution in [2.24, 2.45) is 11.8 Å². The number of likely N-dealkylation sites (tertiary alicyclic amines) is 1. The van der Waals surface area contributed by atoms with Crippen LogP contribution < -0.4 is 21.3 Å². The smallest absolute Gasteiger partial charge is 0.407 e. The third-order valence-electron chi connectivity index (χ3n) is 12.8. The zero-order valence-corrected chi connectivity index (χ0v) is 36.1. The Balaban J connectivity index is 0.920. The minimum atomic E-state index is -0.691. The first-order chi connectivity index (χ1) is 30.0. The van der Waals surface area contributed by atoms with Gasteiger partial charge in [0.05, 0.1) is 42.7 Å². The molecule has 3 aliphatic rings. The van der Waals surface area contributed by atoms with Crippen molar-refractivity contribution < 1.29 is 32.9 Å². The number of methoxy groups -OCH3 is 2. The minimum absolute atomic E-state index is 0.0190. The molecule has 5 heterocycles. The molecule has 14 nitrogen and oxygen atoms in total. The molecule has 3 aliphatic heterocycles. The van der Waals surface area contributed by atoms with E-state index >= 15 is 0 Å². The Morgan fingerprint density at radius 3 is 2.34 bits per heavy atom. The topological polar surface area (TPSA) is 166 Å². The van der Waals surface area contributed by atoms with E-state index in [-0.39, 0.29) is 42.0 Å². The second-order valence-corrected chi connectivity index (χ2v) is 17.5. The molecule has 9 rings (SSSR count). The van der Waals surface area contributed by atoms with Crippen LogP contribution >= 0.6 is 0 Å². The highest BCUT2D eigenvalue weighted by Crippen LogP contribution is 2.39. The van der Waals surface area contributed by atoms with Crippen LogP contribution in [0, 0.1) is 11.8 Å². The van der Waals surface area contributed by atoms with Gasteiger partial charge in [-0.05, 0) is 89.7 Å². The van der Waals surface area contributed by atoms with Gasteiger partial charge in [0.25, 0.3) is 0 Å². The number of benzene rings is 4. The lowest BCUT2D eigenvalue weighted by Crippen LogP contribution is -2.51. The molecule has 62 heavy (non-hydrogen) atoms. The Bertz CT molecular complexity index is 2720. The first-order valence-corrected chi connectivity index (χ1v) is 21.7. The van der Waals surface area contributed by atoms with Gasteiger partial charge in [-0.3, -0.25) is 4.79 Å². The number of nitrogens with zero attached hydrogens (tertiary/aromatic N) is 3. The van der Waals surface area contributed by atoms with E-state index in [1.807, 2.05) is 24.8 Å². The van der Waals surface area contributed by atoms with Crippen molar-refractivity contribution >= 4 is 68.5 Å². The molecule has 0 radical (unpaired) electrons. The average Bonchev–Trinajstić information content (AvgIpc) is 4.13. The number of aromatic amines is 1. The molecule has 3 amide bonds. The number of imidazole rings is 1. The molecule has 5 N–H and O–H groups in total. The third-order valence-corrected chi connectivity index (χ3v) is 12.8. The van der Waals surface area contributed by atoms with E-state index in [4.69, 9.17) is 18.9 Å². The fourth-order valence-electron chi connectivity index (χ4n) is 9.36. The van der Waals surface area contributed by atoms with Crippen LogP contribution in [-0.4, -0.2) is 95.4 Å². The van der Waals surface area contributed by atoms with Crippen LogP contribution in [0.5, 0.6) is 0 Å². The van der Waals surface area contributed by atoms with Crippen LogP contribution in [0.25, 0.3) is 55.2 Å². The van der Waals surface area contributed by atoms with Crippen molar-refractivity contribution in [2.75, 3.05) is 37.9 Å². The van der Waals surface area contributed by atoms with E-state index in [2.05, 4.69) is 118 Å². The first kappa shape index (κ1) is 40.8. The zero-order valence-electron chi connectivity index (χ0n) is 36.1. The maximum Gasteiger partial charge on any atom is 0.407 e. The molecule has 5 atom stereocenters. The Morgan fingerprint density at radius 2 is 1.56 bits per heavy atom. The number of rotatable bonds is 10. The third kappa shape index (κ3) is 7.78. The van der Waals surface area contributed by atoms with E-state index in [1.165, 1.54) is 14.2 Å². The van der Waals surface area contributed by atoms with E-state index in [1.54, 1.807) is 0 Å². The van der Waals surface area contributed by atoms with Gasteiger partial charge in [0.15, 0.2) is 18.4 Å². The number of aromatic nitrogens is 2. The number of alkyl carbamates (subject to hydrolysis) is 2. The number of carbonyl (C=O) groups excluding carboxylic acids is 3. The summed E-state index contributed by atoms with van der Waals surface area (Å²) in [5.41, 5.74) is 7.83. The molecule has 2 aromatic heterocycles. The number of hydrogen-bond acceptors (Lipinski definition) is 9. The monoisotopic (exact) mass is 839 g/mol. The quantitative estimate of drug-likeness (QED) is 0.0850. The van der Waals surface area contributed by atoms with E-state index in [0.717, 1.165) is 105 Å². The van der Waals surface area contributed by atoms with Crippen molar-refractivity contribution in [1.82, 2.24) is 25.5 Å². The van der Waals surface area contributed by atoms with Crippen LogP contribution in [0.3, 0.4) is 0 Å². The average molecular weight is 840 g/mol. The summed E-state index contributed by atoms with van der Waals surface area (Å²) in [7, 11) is 2.69. The summed E-state index contributed by atoms with van der Waals surface area (Å²) in [6.45, 7) is 9.55. The second-order valence-electron chi connectivity index (χ2n) is 17.5. The molecule has 14 heteroatoms. The lowest BCUT2D eigenvalue weighted by Gasteiger charge is -2.29. The van der Waals surface area contributed by atoms with Gasteiger partial charge in [0, 0.05) is 35.7 Å². The van der Waals surface area contributed by atoms with Gasteiger partial charge in [-0.25, -0.2) is 19.1 Å². The number of hydrogen-bond donors (Lipinski definition) is 5. The number of amides is 3. The standard InChI is InChI=1S/C48H54N8O6/c1-26(2)37(52-47(58)60-5)25-55-19-7-9-38(55)44-49-34-16-13-31(23-36(34)51-44)41-24-32-22-29(14-18-40(32)62-41)28-11-15-33-30(21-28)12-17-35-43(33)53-45(50-35)39-10-8-20-56(39)46(57)42(27(3)4)54-48(59)61-6/h11-18,21-27,37-39,42,44,49,51H,7-10,19-20H2,1-6H3,(H2-,50,52,53,54,58,59)/p+1. The summed E-state index contributed by atoms with van der Waals surface area (Å²) in [5.74, 6) is 1.53. The summed E-state index contributed by atoms with van der Waals surface area (Å²) in [5, 5.41) is 16.2. The lowest BCUT2D eigenvalue weighted by molar-refractivity contribution is -0.542. The number of fused-ring (bicyclic) bond motifs is 5. The normalized spacial score (nSPS) is 20.2. The molecule has 6 aromatic rings. The maximum absolute atomic E-state index is 13.7. The summed E-state index contributed by atoms with van der Waals surface area (Å²) < 4.78 is 18.5. The Labute approximate surface area is 360 Å². The van der Waals surface area contributed by atoms with Crippen LogP contribution in [0.2, 0.25) is 0 Å². The fraction of sp³-hybridized carbons (Fsp3) is 0.396. The van der Waals surface area contributed by atoms with Gasteiger partial charge in [-0.1, -0.05) is 52.0 Å². The van der Waals surface area contributed by atoms with Crippen molar-refractivity contribution in [1.29, 1.82) is 0 Å². The molecule has 2 fully saturated rings. The van der Waals surface area contributed by atoms with Gasteiger partial charge in [-0.2, -0.15) is 0 Å². The number of carbonyl (C=O) groups is 3. The Kier molecular flexibility index (Phi) is 11.0. The molecule has 4 aromatic carbocycles. The fourth-order valence-corrected chi connectivity index (χ4v) is 9.36. The van der Waals surface area contributed by atoms with Gasteiger partial charge in [0.2, 0.25) is 5.91 Å². The summed E-state index contributed by atoms with van der Waals surface area (Å²) >= 11 is 0. The number of furan rings is 1. The van der Waals surface area contributed by atoms with Crippen molar-refractivity contribution in [2.45, 2.75) is 83.7 Å². The summed E-state index contributed by atoms with van der Waals surface area (Å²) in [6, 6.07) is 24.6. The van der Waals surface area contributed by atoms with Crippen LogP contribution in [0.15, 0.2) is 77.2 Å². The van der Waals surface area contributed by atoms with E-state index in [9.17, 15) is 14.4 Å². The highest BCUT2D eigenvalue weighted by molar-refractivity contribution is 6.05. The molecule has 0 saturated carbocycles. The maximum atomic E-state index is 13.7. The number of nitrogens with one attached hydrogen (secondary N) is 5. The Hall–Kier alpha value is -6.57. The minimum Gasteiger partial charge on any atom is -0.456 e. The highest BCUT2D eigenvalue weighted by atomic mass is 16.5. The largest absolute Gasteiger partial charge is 0.456 e. The van der Waals surface area contributed by atoms with Crippen molar-refractivity contribution in [3.8, 4) is 22.5 Å². The van der Waals surface area contributed by atoms with Crippen LogP contribution in [0.4, 0.5) is 21.0 Å². The molecular formula is C48H55N8O6+. The summed E-state index contributed by atoms with van der Waals surface area (Å²) in [6.07, 6.45) is 4.87. The molecule has 0 aliphatic carbocycles. The zero-order chi connectivity index (χ0) is 43.2. The van der Waals surface area contributed by atoms with E-state index < -0.39 is 18.2 Å². The lowest BCUT2D eigenvalue weighted by atomic mass is 9.99. The number of anilines is 2. The molecule has 5 unspecified atom stereocenters. The van der Waals surface area contributed by atoms with Gasteiger partial charge in [0.1, 0.15) is 35.8 Å². The predicted molar refractivity (Wildman–Crippen MR) is 242 cm³/mol. The van der Waals surface area contributed by atoms with Crippen molar-refractivity contribution in [3.63, 3.8) is 0 Å². The molecule has 0 spiro atoms. The predicted octanol–water partition coefficient (Wildman–Crippen LogP) is 8.63. The first-order valence-electron chi connectivity index (χ1n) is 21.7. The number of ether oxygens (including phenoxy) is 2. The molecule has 0 bridgehead atoms. The van der Waals surface area contributed by atoms with Crippen LogP contribution in [-0.2, 0) is 14.3 Å². The van der Waals surface area contributed by atoms with Gasteiger partial charge in [-0.15, -0.1) is 0 Å². The number of H-pyrrole nitrogens is 1. The van der Waals surface area contributed by atoms with Crippen LogP contribution in [0.1, 0.15) is 65.2 Å². The Morgan fingerprint density at radius 1 is 0.823 bits per heavy atom. The van der Waals surface area contributed by atoms with Gasteiger partial charge < -0.3 is 45.0 Å².